The second-order valence-corrected chi connectivity index (χ2v) is 14.8. The molecule has 9 aromatic carbocycles. The van der Waals surface area contributed by atoms with Crippen LogP contribution in [0.4, 0.5) is 17.1 Å². The minimum absolute atomic E-state index is 1.11. The van der Waals surface area contributed by atoms with Crippen LogP contribution in [0.3, 0.4) is 0 Å². The van der Waals surface area contributed by atoms with Crippen molar-refractivity contribution in [2.75, 3.05) is 4.90 Å². The highest BCUT2D eigenvalue weighted by Crippen LogP contribution is 2.46. The first-order valence-electron chi connectivity index (χ1n) is 18.4. The number of hydrogen-bond acceptors (Lipinski definition) is 2. The van der Waals surface area contributed by atoms with Gasteiger partial charge in [0, 0.05) is 26.8 Å². The minimum atomic E-state index is 1.11. The Morgan fingerprint density at radius 3 is 1.35 bits per heavy atom. The quantitative estimate of drug-likeness (QED) is 0.160. The number of anilines is 3. The summed E-state index contributed by atoms with van der Waals surface area (Å²) >= 11 is 1.86. The van der Waals surface area contributed by atoms with Gasteiger partial charge in [-0.15, -0.1) is 11.3 Å². The van der Waals surface area contributed by atoms with Gasteiger partial charge in [-0.3, -0.25) is 0 Å². The Bertz CT molecular complexity index is 2910. The molecule has 0 atom stereocenters. The molecule has 0 fully saturated rings. The summed E-state index contributed by atoms with van der Waals surface area (Å²) in [7, 11) is 0. The maximum absolute atomic E-state index is 2.42. The molecule has 0 saturated carbocycles. The van der Waals surface area contributed by atoms with Crippen LogP contribution >= 0.6 is 11.3 Å². The first-order chi connectivity index (χ1) is 26.8. The summed E-state index contributed by atoms with van der Waals surface area (Å²) < 4.78 is 2.58. The molecule has 0 aliphatic rings. The van der Waals surface area contributed by atoms with E-state index in [1.807, 2.05) is 11.3 Å². The molecule has 10 aromatic rings. The summed E-state index contributed by atoms with van der Waals surface area (Å²) in [6, 6.07) is 77.1. The number of hydrogen-bond donors (Lipinski definition) is 0. The average Bonchev–Trinajstić information content (AvgIpc) is 3.64. The Hall–Kier alpha value is -6.74. The average molecular weight is 706 g/mol. The third-order valence-electron chi connectivity index (χ3n) is 10.5. The Morgan fingerprint density at radius 1 is 0.315 bits per heavy atom. The van der Waals surface area contributed by atoms with Gasteiger partial charge in [0.05, 0.1) is 10.4 Å². The largest absolute Gasteiger partial charge is 0.309 e. The molecular formula is C52H35NS. The standard InChI is InChI=1S/C52H35NS/c1-3-14-36(15-4-1)44-20-9-10-21-45(44)38-26-30-42(31-27-38)53(50-24-13-23-47-46-22-11-12-25-51(46)54-52(47)50)43-32-28-39(29-33-43)49-35-41-19-8-7-18-40(41)34-48(49)37-16-5-2-6-17-37/h1-35H. The smallest absolute Gasteiger partial charge is 0.0640 e. The Labute approximate surface area is 319 Å². The van der Waals surface area contributed by atoms with Gasteiger partial charge >= 0.3 is 0 Å². The van der Waals surface area contributed by atoms with Gasteiger partial charge in [0.25, 0.3) is 0 Å². The van der Waals surface area contributed by atoms with Crippen molar-refractivity contribution in [2.24, 2.45) is 0 Å². The van der Waals surface area contributed by atoms with Crippen LogP contribution in [0.25, 0.3) is 75.5 Å². The molecule has 10 rings (SSSR count). The van der Waals surface area contributed by atoms with Crippen molar-refractivity contribution in [3.8, 4) is 44.5 Å². The summed E-state index contributed by atoms with van der Waals surface area (Å²) in [6.07, 6.45) is 0. The SMILES string of the molecule is c1ccc(-c2ccccc2-c2ccc(N(c3ccc(-c4cc5ccccc5cc4-c4ccccc4)cc3)c3cccc4c3sc3ccccc34)cc2)cc1. The molecular weight excluding hydrogens is 671 g/mol. The maximum Gasteiger partial charge on any atom is 0.0640 e. The third kappa shape index (κ3) is 5.74. The van der Waals surface area contributed by atoms with Crippen molar-refractivity contribution >= 4 is 59.3 Å². The second-order valence-electron chi connectivity index (χ2n) is 13.7. The third-order valence-corrected chi connectivity index (χ3v) is 11.7. The van der Waals surface area contributed by atoms with Crippen molar-refractivity contribution < 1.29 is 0 Å². The van der Waals surface area contributed by atoms with E-state index in [0.717, 1.165) is 11.4 Å². The summed E-state index contributed by atoms with van der Waals surface area (Å²) in [5, 5.41) is 5.07. The maximum atomic E-state index is 2.42. The van der Waals surface area contributed by atoms with Gasteiger partial charge in [-0.2, -0.15) is 0 Å². The summed E-state index contributed by atoms with van der Waals surface area (Å²) in [5.74, 6) is 0. The van der Waals surface area contributed by atoms with Gasteiger partial charge in [0.2, 0.25) is 0 Å². The normalized spacial score (nSPS) is 11.3. The van der Waals surface area contributed by atoms with E-state index < -0.39 is 0 Å². The molecule has 1 nitrogen and oxygen atoms in total. The van der Waals surface area contributed by atoms with Gasteiger partial charge in [-0.25, -0.2) is 0 Å². The molecule has 0 radical (unpaired) electrons. The molecule has 0 saturated heterocycles. The predicted octanol–water partition coefficient (Wildman–Crippen LogP) is 15.3. The molecule has 54 heavy (non-hydrogen) atoms. The summed E-state index contributed by atoms with van der Waals surface area (Å²) in [4.78, 5) is 2.42. The van der Waals surface area contributed by atoms with Crippen molar-refractivity contribution in [3.63, 3.8) is 0 Å². The molecule has 2 heteroatoms. The number of fused-ring (bicyclic) bond motifs is 4. The topological polar surface area (TPSA) is 3.24 Å². The van der Waals surface area contributed by atoms with Gasteiger partial charge < -0.3 is 4.90 Å². The molecule has 254 valence electrons. The van der Waals surface area contributed by atoms with Gasteiger partial charge in [0.1, 0.15) is 0 Å². The highest BCUT2D eigenvalue weighted by molar-refractivity contribution is 7.26. The number of thiophene rings is 1. The van der Waals surface area contributed by atoms with Crippen LogP contribution in [-0.4, -0.2) is 0 Å². The first kappa shape index (κ1) is 32.0. The Morgan fingerprint density at radius 2 is 0.759 bits per heavy atom. The van der Waals surface area contributed by atoms with E-state index in [9.17, 15) is 0 Å². The molecule has 0 aliphatic carbocycles. The minimum Gasteiger partial charge on any atom is -0.309 e. The van der Waals surface area contributed by atoms with E-state index in [0.29, 0.717) is 0 Å². The monoisotopic (exact) mass is 705 g/mol. The van der Waals surface area contributed by atoms with Gasteiger partial charge in [-0.1, -0.05) is 164 Å². The van der Waals surface area contributed by atoms with E-state index in [1.165, 1.54) is 81.1 Å². The molecule has 0 unspecified atom stereocenters. The van der Waals surface area contributed by atoms with Crippen LogP contribution in [-0.2, 0) is 0 Å². The Balaban J connectivity index is 1.11. The van der Waals surface area contributed by atoms with Gasteiger partial charge in [0.15, 0.2) is 0 Å². The van der Waals surface area contributed by atoms with E-state index in [4.69, 9.17) is 0 Å². The van der Waals surface area contributed by atoms with Crippen LogP contribution < -0.4 is 4.90 Å². The number of rotatable bonds is 7. The lowest BCUT2D eigenvalue weighted by Crippen LogP contribution is -2.10. The second kappa shape index (κ2) is 13.7. The zero-order valence-corrected chi connectivity index (χ0v) is 30.4. The molecule has 0 N–H and O–H groups in total. The lowest BCUT2D eigenvalue weighted by atomic mass is 9.91. The zero-order chi connectivity index (χ0) is 35.8. The predicted molar refractivity (Wildman–Crippen MR) is 233 cm³/mol. The van der Waals surface area contributed by atoms with Crippen LogP contribution in [0.5, 0.6) is 0 Å². The van der Waals surface area contributed by atoms with Crippen LogP contribution in [0.2, 0.25) is 0 Å². The van der Waals surface area contributed by atoms with Crippen LogP contribution in [0, 0.1) is 0 Å². The van der Waals surface area contributed by atoms with Crippen molar-refractivity contribution in [3.05, 3.63) is 212 Å². The summed E-state index contributed by atoms with van der Waals surface area (Å²) in [5.41, 5.74) is 13.1. The fourth-order valence-corrected chi connectivity index (χ4v) is 9.06. The van der Waals surface area contributed by atoms with Gasteiger partial charge in [-0.05, 0) is 104 Å². The highest BCUT2D eigenvalue weighted by Gasteiger charge is 2.19. The molecule has 0 amide bonds. The lowest BCUT2D eigenvalue weighted by molar-refractivity contribution is 1.30. The van der Waals surface area contributed by atoms with Crippen LogP contribution in [0.15, 0.2) is 212 Å². The summed E-state index contributed by atoms with van der Waals surface area (Å²) in [6.45, 7) is 0. The fraction of sp³-hybridized carbons (Fsp3) is 0. The van der Waals surface area contributed by atoms with E-state index >= 15 is 0 Å². The molecule has 0 bridgehead atoms. The number of benzene rings is 9. The fourth-order valence-electron chi connectivity index (χ4n) is 7.86. The molecule has 0 aliphatic heterocycles. The van der Waals surface area contributed by atoms with E-state index in [2.05, 4.69) is 217 Å². The van der Waals surface area contributed by atoms with Crippen LogP contribution in [0.1, 0.15) is 0 Å². The zero-order valence-electron chi connectivity index (χ0n) is 29.6. The van der Waals surface area contributed by atoms with E-state index in [-0.39, 0.29) is 0 Å². The highest BCUT2D eigenvalue weighted by atomic mass is 32.1. The molecule has 0 spiro atoms. The van der Waals surface area contributed by atoms with Crippen molar-refractivity contribution in [1.29, 1.82) is 0 Å². The van der Waals surface area contributed by atoms with Crippen molar-refractivity contribution in [1.82, 2.24) is 0 Å². The lowest BCUT2D eigenvalue weighted by Gasteiger charge is -2.27. The van der Waals surface area contributed by atoms with E-state index in [1.54, 1.807) is 0 Å². The number of nitrogens with zero attached hydrogens (tertiary/aromatic N) is 1. The molecule has 1 aromatic heterocycles. The molecule has 1 heterocycles. The van der Waals surface area contributed by atoms with Crippen molar-refractivity contribution in [2.45, 2.75) is 0 Å². The Kier molecular flexibility index (Phi) is 8.09. The first-order valence-corrected chi connectivity index (χ1v) is 19.2.